The fourth-order valence-corrected chi connectivity index (χ4v) is 6.66. The van der Waals surface area contributed by atoms with Gasteiger partial charge < -0.3 is 9.47 Å². The summed E-state index contributed by atoms with van der Waals surface area (Å²) in [7, 11) is -0.107. The maximum atomic E-state index is 5.58. The van der Waals surface area contributed by atoms with Crippen molar-refractivity contribution in [2.24, 2.45) is 0 Å². The maximum absolute atomic E-state index is 5.58. The molecule has 0 saturated heterocycles. The summed E-state index contributed by atoms with van der Waals surface area (Å²) in [4.78, 5) is 6.72. The number of ether oxygens (including phenoxy) is 2. The standard InChI is InChI=1S/C19H13O2S2/c1-3-7-18-16(5-1)22-17-6-2-4-8-19(17)23(18)13-9-10-14-15(11-13)21-12-20-14/h1-11H,12H2/q+1. The molecule has 23 heavy (non-hydrogen) atoms. The fraction of sp³-hybridized carbons (Fsp3) is 0.0526. The Morgan fingerprint density at radius 1 is 0.739 bits per heavy atom. The first-order valence-electron chi connectivity index (χ1n) is 7.40. The third kappa shape index (κ3) is 2.13. The smallest absolute Gasteiger partial charge is 0.231 e. The van der Waals surface area contributed by atoms with Crippen LogP contribution in [0.25, 0.3) is 0 Å². The zero-order valence-corrected chi connectivity index (χ0v) is 13.8. The van der Waals surface area contributed by atoms with Crippen LogP contribution in [-0.2, 0) is 10.9 Å². The number of hydrogen-bond acceptors (Lipinski definition) is 3. The third-order valence-electron chi connectivity index (χ3n) is 3.94. The Kier molecular flexibility index (Phi) is 3.06. The van der Waals surface area contributed by atoms with Crippen LogP contribution in [0, 0.1) is 0 Å². The summed E-state index contributed by atoms with van der Waals surface area (Å²) in [6.07, 6.45) is 0. The van der Waals surface area contributed by atoms with Gasteiger partial charge in [-0.1, -0.05) is 36.0 Å². The van der Waals surface area contributed by atoms with Crippen molar-refractivity contribution < 1.29 is 9.47 Å². The van der Waals surface area contributed by atoms with Gasteiger partial charge in [0.25, 0.3) is 0 Å². The van der Waals surface area contributed by atoms with Gasteiger partial charge in [0.1, 0.15) is 10.9 Å². The molecule has 5 rings (SSSR count). The van der Waals surface area contributed by atoms with E-state index in [1.54, 1.807) is 0 Å². The summed E-state index contributed by atoms with van der Waals surface area (Å²) in [5.41, 5.74) is 0. The van der Waals surface area contributed by atoms with Crippen molar-refractivity contribution in [3.63, 3.8) is 0 Å². The molecule has 0 aromatic heterocycles. The van der Waals surface area contributed by atoms with Crippen LogP contribution in [0.1, 0.15) is 0 Å². The van der Waals surface area contributed by atoms with E-state index >= 15 is 0 Å². The van der Waals surface area contributed by atoms with Gasteiger partial charge in [0.15, 0.2) is 26.2 Å². The average molecular weight is 337 g/mol. The van der Waals surface area contributed by atoms with E-state index in [4.69, 9.17) is 9.47 Å². The van der Waals surface area contributed by atoms with Crippen LogP contribution in [0.15, 0.2) is 91.2 Å². The fourth-order valence-electron chi connectivity index (χ4n) is 2.90. The molecule has 2 heterocycles. The van der Waals surface area contributed by atoms with Crippen molar-refractivity contribution >= 4 is 22.7 Å². The highest BCUT2D eigenvalue weighted by atomic mass is 32.2. The number of rotatable bonds is 1. The number of benzene rings is 3. The van der Waals surface area contributed by atoms with Gasteiger partial charge in [-0.25, -0.2) is 0 Å². The van der Waals surface area contributed by atoms with Crippen LogP contribution >= 0.6 is 11.8 Å². The van der Waals surface area contributed by atoms with Crippen LogP contribution in [0.3, 0.4) is 0 Å². The SMILES string of the molecule is c1ccc2c(c1)Sc1ccccc1[S+]2c1ccc2c(c1)OCO2. The Balaban J connectivity index is 1.73. The highest BCUT2D eigenvalue weighted by Crippen LogP contribution is 2.49. The molecule has 0 unspecified atom stereocenters. The van der Waals surface area contributed by atoms with Gasteiger partial charge >= 0.3 is 0 Å². The zero-order valence-electron chi connectivity index (χ0n) is 12.2. The first-order chi connectivity index (χ1) is 11.4. The second-order valence-electron chi connectivity index (χ2n) is 5.32. The van der Waals surface area contributed by atoms with E-state index in [2.05, 4.69) is 60.7 Å². The summed E-state index contributed by atoms with van der Waals surface area (Å²) in [6.45, 7) is 0.315. The van der Waals surface area contributed by atoms with E-state index in [0.29, 0.717) is 6.79 Å². The minimum absolute atomic E-state index is 0.107. The van der Waals surface area contributed by atoms with Crippen molar-refractivity contribution in [1.29, 1.82) is 0 Å². The second-order valence-corrected chi connectivity index (χ2v) is 8.36. The van der Waals surface area contributed by atoms with Gasteiger partial charge in [-0.3, -0.25) is 0 Å². The first-order valence-corrected chi connectivity index (χ1v) is 9.44. The topological polar surface area (TPSA) is 18.5 Å². The van der Waals surface area contributed by atoms with Crippen LogP contribution in [-0.4, -0.2) is 6.79 Å². The molecule has 112 valence electrons. The minimum Gasteiger partial charge on any atom is -0.454 e. The van der Waals surface area contributed by atoms with Crippen molar-refractivity contribution in [3.05, 3.63) is 66.7 Å². The van der Waals surface area contributed by atoms with Gasteiger partial charge in [-0.15, -0.1) is 0 Å². The molecule has 0 radical (unpaired) electrons. The molecule has 2 nitrogen and oxygen atoms in total. The lowest BCUT2D eigenvalue weighted by molar-refractivity contribution is 0.174. The molecule has 4 heteroatoms. The van der Waals surface area contributed by atoms with Crippen molar-refractivity contribution in [1.82, 2.24) is 0 Å². The molecular formula is C19H13O2S2+. The summed E-state index contributed by atoms with van der Waals surface area (Å²) >= 11 is 1.86. The summed E-state index contributed by atoms with van der Waals surface area (Å²) in [6, 6.07) is 23.7. The molecule has 0 spiro atoms. The van der Waals surface area contributed by atoms with Gasteiger partial charge in [0.2, 0.25) is 6.79 Å². The normalized spacial score (nSPS) is 15.1. The Labute approximate surface area is 141 Å². The summed E-state index contributed by atoms with van der Waals surface area (Å²) in [5.74, 6) is 1.69. The van der Waals surface area contributed by atoms with Crippen molar-refractivity contribution in [2.45, 2.75) is 24.5 Å². The molecule has 2 aliphatic rings. The molecule has 0 bridgehead atoms. The minimum atomic E-state index is -0.107. The molecular weight excluding hydrogens is 324 g/mol. The Hall–Kier alpha value is -2.04. The van der Waals surface area contributed by atoms with E-state index in [1.165, 1.54) is 24.5 Å². The predicted molar refractivity (Wildman–Crippen MR) is 91.7 cm³/mol. The van der Waals surface area contributed by atoms with Crippen molar-refractivity contribution in [2.75, 3.05) is 6.79 Å². The summed E-state index contributed by atoms with van der Waals surface area (Å²) < 4.78 is 11.0. The lowest BCUT2D eigenvalue weighted by Gasteiger charge is -2.18. The second kappa shape index (κ2) is 5.25. The Bertz CT molecular complexity index is 862. The molecule has 2 aliphatic heterocycles. The van der Waals surface area contributed by atoms with Crippen LogP contribution in [0.4, 0.5) is 0 Å². The van der Waals surface area contributed by atoms with Gasteiger partial charge in [0.05, 0.1) is 9.79 Å². The monoisotopic (exact) mass is 337 g/mol. The largest absolute Gasteiger partial charge is 0.454 e. The predicted octanol–water partition coefficient (Wildman–Crippen LogP) is 4.98. The molecule has 0 N–H and O–H groups in total. The molecule has 0 amide bonds. The van der Waals surface area contributed by atoms with E-state index in [1.807, 2.05) is 17.8 Å². The van der Waals surface area contributed by atoms with E-state index in [-0.39, 0.29) is 10.9 Å². The number of fused-ring (bicyclic) bond motifs is 3. The zero-order chi connectivity index (χ0) is 15.2. The Morgan fingerprint density at radius 3 is 2.13 bits per heavy atom. The molecule has 0 saturated carbocycles. The quantitative estimate of drug-likeness (QED) is 0.457. The van der Waals surface area contributed by atoms with Crippen LogP contribution < -0.4 is 9.47 Å². The molecule has 3 aromatic rings. The first kappa shape index (κ1) is 13.4. The molecule has 0 atom stereocenters. The maximum Gasteiger partial charge on any atom is 0.231 e. The Morgan fingerprint density at radius 2 is 1.39 bits per heavy atom. The molecule has 0 aliphatic carbocycles. The van der Waals surface area contributed by atoms with Gasteiger partial charge in [-0.05, 0) is 36.4 Å². The molecule has 0 fully saturated rings. The van der Waals surface area contributed by atoms with Gasteiger partial charge in [-0.2, -0.15) is 0 Å². The van der Waals surface area contributed by atoms with Gasteiger partial charge in [0, 0.05) is 6.07 Å². The third-order valence-corrected chi connectivity index (χ3v) is 7.67. The van der Waals surface area contributed by atoms with Crippen LogP contribution in [0.5, 0.6) is 11.5 Å². The average Bonchev–Trinajstić information content (AvgIpc) is 3.07. The summed E-state index contributed by atoms with van der Waals surface area (Å²) in [5, 5.41) is 0. The highest BCUT2D eigenvalue weighted by molar-refractivity contribution is 8.04. The number of hydrogen-bond donors (Lipinski definition) is 0. The molecule has 3 aromatic carbocycles. The lowest BCUT2D eigenvalue weighted by Crippen LogP contribution is -2.10. The van der Waals surface area contributed by atoms with Crippen LogP contribution in [0.2, 0.25) is 0 Å². The van der Waals surface area contributed by atoms with Crippen molar-refractivity contribution in [3.8, 4) is 11.5 Å². The highest BCUT2D eigenvalue weighted by Gasteiger charge is 2.38. The van der Waals surface area contributed by atoms with E-state index in [0.717, 1.165) is 11.5 Å². The lowest BCUT2D eigenvalue weighted by atomic mass is 10.3. The van der Waals surface area contributed by atoms with E-state index in [9.17, 15) is 0 Å². The van der Waals surface area contributed by atoms with E-state index < -0.39 is 0 Å².